The fourth-order valence-electron chi connectivity index (χ4n) is 3.71. The number of aliphatic imine (C=N–C) groups is 1. The molecule has 1 atom stereocenters. The highest BCUT2D eigenvalue weighted by atomic mass is 19.4. The number of aromatic nitrogens is 1. The molecule has 2 aromatic carbocycles. The topological polar surface area (TPSA) is 153 Å². The van der Waals surface area contributed by atoms with Gasteiger partial charge in [0.25, 0.3) is 0 Å². The van der Waals surface area contributed by atoms with E-state index in [1.807, 2.05) is 18.2 Å². The van der Waals surface area contributed by atoms with E-state index < -0.39 is 24.0 Å². The van der Waals surface area contributed by atoms with Crippen LogP contribution in [-0.2, 0) is 14.4 Å². The van der Waals surface area contributed by atoms with Gasteiger partial charge >= 0.3 is 18.1 Å². The highest BCUT2D eigenvalue weighted by molar-refractivity contribution is 6.02. The van der Waals surface area contributed by atoms with Crippen molar-refractivity contribution in [2.45, 2.75) is 24.9 Å². The van der Waals surface area contributed by atoms with Crippen molar-refractivity contribution in [1.82, 2.24) is 15.6 Å². The molecule has 0 radical (unpaired) electrons. The van der Waals surface area contributed by atoms with E-state index in [0.29, 0.717) is 31.3 Å². The number of carboxylic acids is 2. The lowest BCUT2D eigenvalue weighted by Crippen LogP contribution is -2.37. The van der Waals surface area contributed by atoms with Gasteiger partial charge in [0.15, 0.2) is 5.96 Å². The molecule has 0 fully saturated rings. The fourth-order valence-corrected chi connectivity index (χ4v) is 3.71. The zero-order valence-corrected chi connectivity index (χ0v) is 20.2. The predicted molar refractivity (Wildman–Crippen MR) is 131 cm³/mol. The van der Waals surface area contributed by atoms with E-state index in [0.717, 1.165) is 22.0 Å². The zero-order chi connectivity index (χ0) is 28.6. The molecule has 1 amide bonds. The van der Waals surface area contributed by atoms with Gasteiger partial charge < -0.3 is 25.3 Å². The number of carbonyl (C=O) groups is 3. The van der Waals surface area contributed by atoms with Crippen LogP contribution in [0.2, 0.25) is 0 Å². The number of amides is 1. The Morgan fingerprint density at radius 3 is 2.41 bits per heavy atom. The van der Waals surface area contributed by atoms with Gasteiger partial charge in [0.1, 0.15) is 18.1 Å². The number of rotatable bonds is 9. The van der Waals surface area contributed by atoms with Crippen LogP contribution in [0.1, 0.15) is 29.9 Å². The molecular weight excluding hydrogens is 528 g/mol. The van der Waals surface area contributed by atoms with Crippen molar-refractivity contribution in [3.63, 3.8) is 0 Å². The van der Waals surface area contributed by atoms with Crippen molar-refractivity contribution < 1.29 is 46.9 Å². The van der Waals surface area contributed by atoms with Gasteiger partial charge in [-0.2, -0.15) is 13.2 Å². The summed E-state index contributed by atoms with van der Waals surface area (Å²) in [5.41, 5.74) is 2.41. The highest BCUT2D eigenvalue weighted by Crippen LogP contribution is 2.34. The molecule has 39 heavy (non-hydrogen) atoms. The molecule has 14 heteroatoms. The Balaban J connectivity index is 0.000000532. The molecule has 3 aromatic rings. The molecule has 0 saturated heterocycles. The number of fused-ring (bicyclic) bond motifs is 1. The molecule has 5 N–H and O–H groups in total. The first kappa shape index (κ1) is 28.9. The summed E-state index contributed by atoms with van der Waals surface area (Å²) in [6, 6.07) is 11.5. The van der Waals surface area contributed by atoms with E-state index in [2.05, 4.69) is 20.6 Å². The van der Waals surface area contributed by atoms with Crippen molar-refractivity contribution in [1.29, 1.82) is 0 Å². The molecule has 1 aliphatic heterocycles. The maximum absolute atomic E-state index is 13.3. The third kappa shape index (κ3) is 8.45. The first-order valence-electron chi connectivity index (χ1n) is 11.5. The van der Waals surface area contributed by atoms with Crippen LogP contribution in [0.15, 0.2) is 53.7 Å². The largest absolute Gasteiger partial charge is 0.493 e. The van der Waals surface area contributed by atoms with Crippen LogP contribution in [0.3, 0.4) is 0 Å². The number of carboxylic acid groups (broad SMARTS) is 2. The molecule has 2 heterocycles. The lowest BCUT2D eigenvalue weighted by atomic mass is 9.88. The van der Waals surface area contributed by atoms with E-state index >= 15 is 0 Å². The second-order valence-corrected chi connectivity index (χ2v) is 8.30. The van der Waals surface area contributed by atoms with Crippen LogP contribution in [0.4, 0.5) is 17.6 Å². The summed E-state index contributed by atoms with van der Waals surface area (Å²) in [5.74, 6) is -3.38. The minimum atomic E-state index is -5.08. The van der Waals surface area contributed by atoms with E-state index in [9.17, 15) is 32.3 Å². The molecule has 1 aliphatic rings. The minimum Gasteiger partial charge on any atom is -0.493 e. The van der Waals surface area contributed by atoms with Crippen molar-refractivity contribution in [2.24, 2.45) is 4.99 Å². The molecule has 10 nitrogen and oxygen atoms in total. The number of hydrogen-bond acceptors (Lipinski definition) is 6. The summed E-state index contributed by atoms with van der Waals surface area (Å²) >= 11 is 0. The maximum atomic E-state index is 13.3. The smallest absolute Gasteiger partial charge is 0.490 e. The normalized spacial score (nSPS) is 13.6. The summed E-state index contributed by atoms with van der Waals surface area (Å²) in [4.78, 5) is 38.7. The van der Waals surface area contributed by atoms with Crippen LogP contribution in [0.25, 0.3) is 10.9 Å². The predicted octanol–water partition coefficient (Wildman–Crippen LogP) is 3.39. The molecule has 0 aliphatic carbocycles. The Kier molecular flexibility index (Phi) is 9.47. The van der Waals surface area contributed by atoms with Crippen molar-refractivity contribution in [3.8, 4) is 5.75 Å². The number of nitrogens with zero attached hydrogens (tertiary/aromatic N) is 1. The lowest BCUT2D eigenvalue weighted by Gasteiger charge is -2.15. The summed E-state index contributed by atoms with van der Waals surface area (Å²) in [6.07, 6.45) is -2.67. The molecular formula is C25H24F4N4O6. The second kappa shape index (κ2) is 12.8. The van der Waals surface area contributed by atoms with E-state index in [4.69, 9.17) is 14.6 Å². The Morgan fingerprint density at radius 2 is 1.82 bits per heavy atom. The van der Waals surface area contributed by atoms with Gasteiger partial charge in [0.05, 0.1) is 13.0 Å². The minimum absolute atomic E-state index is 0.102. The summed E-state index contributed by atoms with van der Waals surface area (Å²) in [6.45, 7) is 1.25. The highest BCUT2D eigenvalue weighted by Gasteiger charge is 2.38. The molecule has 208 valence electrons. The van der Waals surface area contributed by atoms with Gasteiger partial charge in [0, 0.05) is 35.6 Å². The SMILES string of the molecule is O=C(O)C(F)(F)F.O=C(O)CC(c1ccc(F)cc1)c1c[nH]c2cc(OCCCNC3=NCC(=O)N3)ccc12. The van der Waals surface area contributed by atoms with E-state index in [1.165, 1.54) is 12.1 Å². The third-order valence-electron chi connectivity index (χ3n) is 5.48. The molecule has 0 spiro atoms. The number of carbonyl (C=O) groups excluding carboxylic acids is 1. The second-order valence-electron chi connectivity index (χ2n) is 8.30. The molecule has 0 bridgehead atoms. The monoisotopic (exact) mass is 552 g/mol. The summed E-state index contributed by atoms with van der Waals surface area (Å²) in [7, 11) is 0. The molecule has 0 saturated carbocycles. The average molecular weight is 552 g/mol. The van der Waals surface area contributed by atoms with Crippen molar-refractivity contribution in [2.75, 3.05) is 19.7 Å². The Bertz CT molecular complexity index is 1350. The van der Waals surface area contributed by atoms with Crippen molar-refractivity contribution in [3.05, 3.63) is 65.6 Å². The number of aromatic amines is 1. The Labute approximate surface area is 218 Å². The van der Waals surface area contributed by atoms with Gasteiger partial charge in [-0.25, -0.2) is 14.2 Å². The van der Waals surface area contributed by atoms with Crippen molar-refractivity contribution >= 4 is 34.7 Å². The van der Waals surface area contributed by atoms with Gasteiger partial charge in [-0.15, -0.1) is 0 Å². The molecule has 4 rings (SSSR count). The number of halogens is 4. The van der Waals surface area contributed by atoms with E-state index in [-0.39, 0.29) is 24.7 Å². The average Bonchev–Trinajstić information content (AvgIpc) is 3.48. The fraction of sp³-hybridized carbons (Fsp3) is 0.280. The third-order valence-corrected chi connectivity index (χ3v) is 5.48. The summed E-state index contributed by atoms with van der Waals surface area (Å²) < 4.78 is 50.9. The van der Waals surface area contributed by atoms with Crippen LogP contribution >= 0.6 is 0 Å². The van der Waals surface area contributed by atoms with Crippen LogP contribution in [0, 0.1) is 5.82 Å². The Hall–Kier alpha value is -4.62. The quantitative estimate of drug-likeness (QED) is 0.202. The number of aliphatic carboxylic acids is 2. The number of ether oxygens (including phenoxy) is 1. The number of alkyl halides is 3. The van der Waals surface area contributed by atoms with E-state index in [1.54, 1.807) is 18.3 Å². The van der Waals surface area contributed by atoms with Gasteiger partial charge in [-0.1, -0.05) is 12.1 Å². The van der Waals surface area contributed by atoms with Gasteiger partial charge in [-0.3, -0.25) is 14.9 Å². The first-order chi connectivity index (χ1) is 18.4. The standard InChI is InChI=1S/C23H23FN4O4.C2HF3O2/c24-15-4-2-14(3-5-15)18(11-22(30)31)19-12-26-20-10-16(6-7-17(19)20)32-9-1-8-25-23-27-13-21(29)28-23;3-2(4,5)1(6)7/h2-7,10,12,18,26H,1,8-9,11,13H2,(H,30,31)(H2,25,27,28,29);(H,6,7). The number of H-pyrrole nitrogens is 1. The first-order valence-corrected chi connectivity index (χ1v) is 11.5. The molecule has 1 aromatic heterocycles. The van der Waals surface area contributed by atoms with Crippen LogP contribution in [-0.4, -0.2) is 64.9 Å². The van der Waals surface area contributed by atoms with Gasteiger partial charge in [-0.05, 0) is 41.8 Å². The number of guanidine groups is 1. The lowest BCUT2D eigenvalue weighted by molar-refractivity contribution is -0.192. The van der Waals surface area contributed by atoms with Crippen LogP contribution in [0.5, 0.6) is 5.75 Å². The number of hydrogen-bond donors (Lipinski definition) is 5. The van der Waals surface area contributed by atoms with Crippen LogP contribution < -0.4 is 15.4 Å². The zero-order valence-electron chi connectivity index (χ0n) is 20.2. The Morgan fingerprint density at radius 1 is 1.13 bits per heavy atom. The summed E-state index contributed by atoms with van der Waals surface area (Å²) in [5, 5.41) is 23.1. The number of benzene rings is 2. The number of nitrogens with one attached hydrogen (secondary N) is 3. The molecule has 1 unspecified atom stereocenters. The van der Waals surface area contributed by atoms with Gasteiger partial charge in [0.2, 0.25) is 5.91 Å². The maximum Gasteiger partial charge on any atom is 0.490 e.